The van der Waals surface area contributed by atoms with Crippen LogP contribution in [0.25, 0.3) is 0 Å². The van der Waals surface area contributed by atoms with E-state index in [-0.39, 0.29) is 23.9 Å². The van der Waals surface area contributed by atoms with E-state index >= 15 is 0 Å². The van der Waals surface area contributed by atoms with Crippen LogP contribution in [0.5, 0.6) is 0 Å². The largest absolute Gasteiger partial charge is 0.341 e. The summed E-state index contributed by atoms with van der Waals surface area (Å²) in [7, 11) is -3.12. The highest BCUT2D eigenvalue weighted by molar-refractivity contribution is 7.88. The van der Waals surface area contributed by atoms with Gasteiger partial charge in [0.25, 0.3) is 0 Å². The molecule has 3 atom stereocenters. The van der Waals surface area contributed by atoms with Gasteiger partial charge < -0.3 is 10.2 Å². The van der Waals surface area contributed by atoms with Crippen LogP contribution in [0.2, 0.25) is 0 Å². The minimum atomic E-state index is -3.12. The SMILES string of the molecule is CC1CCN(C(=O)[C@H](C)N[C@H]2CCN(S(C)(=O)=O)C[C@H]2C)CC1. The molecule has 2 saturated heterocycles. The van der Waals surface area contributed by atoms with E-state index in [0.717, 1.165) is 32.4 Å². The lowest BCUT2D eigenvalue weighted by Gasteiger charge is -2.38. The molecule has 2 aliphatic rings. The van der Waals surface area contributed by atoms with Crippen LogP contribution in [0.1, 0.15) is 40.0 Å². The maximum Gasteiger partial charge on any atom is 0.239 e. The smallest absolute Gasteiger partial charge is 0.239 e. The fourth-order valence-corrected chi connectivity index (χ4v) is 4.49. The zero-order valence-electron chi connectivity index (χ0n) is 14.8. The van der Waals surface area contributed by atoms with Crippen molar-refractivity contribution in [1.29, 1.82) is 0 Å². The van der Waals surface area contributed by atoms with Crippen LogP contribution in [0, 0.1) is 11.8 Å². The van der Waals surface area contributed by atoms with Crippen LogP contribution in [-0.4, -0.2) is 68.0 Å². The zero-order valence-corrected chi connectivity index (χ0v) is 15.6. The van der Waals surface area contributed by atoms with Crippen molar-refractivity contribution in [2.75, 3.05) is 32.4 Å². The molecule has 7 heteroatoms. The number of nitrogens with zero attached hydrogens (tertiary/aromatic N) is 2. The fourth-order valence-electron chi connectivity index (χ4n) is 3.55. The topological polar surface area (TPSA) is 69.7 Å². The van der Waals surface area contributed by atoms with Crippen molar-refractivity contribution in [2.45, 2.75) is 52.1 Å². The van der Waals surface area contributed by atoms with Gasteiger partial charge in [-0.2, -0.15) is 0 Å². The Morgan fingerprint density at radius 3 is 2.26 bits per heavy atom. The van der Waals surface area contributed by atoms with Crippen LogP contribution < -0.4 is 5.32 Å². The van der Waals surface area contributed by atoms with Gasteiger partial charge in [-0.05, 0) is 38.0 Å². The van der Waals surface area contributed by atoms with Crippen LogP contribution >= 0.6 is 0 Å². The van der Waals surface area contributed by atoms with Gasteiger partial charge in [0.15, 0.2) is 0 Å². The summed E-state index contributed by atoms with van der Waals surface area (Å²) in [6.45, 7) is 8.98. The van der Waals surface area contributed by atoms with E-state index in [9.17, 15) is 13.2 Å². The average molecular weight is 346 g/mol. The van der Waals surface area contributed by atoms with Crippen LogP contribution in [0.4, 0.5) is 0 Å². The van der Waals surface area contributed by atoms with Gasteiger partial charge in [-0.1, -0.05) is 13.8 Å². The first-order chi connectivity index (χ1) is 10.7. The van der Waals surface area contributed by atoms with Crippen molar-refractivity contribution < 1.29 is 13.2 Å². The van der Waals surface area contributed by atoms with Gasteiger partial charge in [-0.25, -0.2) is 12.7 Å². The molecule has 2 heterocycles. The molecule has 2 fully saturated rings. The molecule has 0 radical (unpaired) electrons. The molecule has 1 amide bonds. The highest BCUT2D eigenvalue weighted by Gasteiger charge is 2.33. The van der Waals surface area contributed by atoms with E-state index in [1.807, 2.05) is 11.8 Å². The number of nitrogens with one attached hydrogen (secondary N) is 1. The predicted molar refractivity (Wildman–Crippen MR) is 91.6 cm³/mol. The van der Waals surface area contributed by atoms with E-state index < -0.39 is 10.0 Å². The molecule has 0 saturated carbocycles. The van der Waals surface area contributed by atoms with Gasteiger partial charge in [0.05, 0.1) is 12.3 Å². The first-order valence-electron chi connectivity index (χ1n) is 8.68. The van der Waals surface area contributed by atoms with E-state index in [2.05, 4.69) is 19.2 Å². The quantitative estimate of drug-likeness (QED) is 0.822. The van der Waals surface area contributed by atoms with E-state index in [4.69, 9.17) is 0 Å². The molecule has 0 spiro atoms. The minimum absolute atomic E-state index is 0.176. The first-order valence-corrected chi connectivity index (χ1v) is 10.5. The van der Waals surface area contributed by atoms with Crippen molar-refractivity contribution in [2.24, 2.45) is 11.8 Å². The summed E-state index contributed by atoms with van der Waals surface area (Å²) >= 11 is 0. The molecule has 1 N–H and O–H groups in total. The average Bonchev–Trinajstić information content (AvgIpc) is 2.48. The lowest BCUT2D eigenvalue weighted by atomic mass is 9.94. The predicted octanol–water partition coefficient (Wildman–Crippen LogP) is 0.893. The van der Waals surface area contributed by atoms with Gasteiger partial charge in [-0.3, -0.25) is 4.79 Å². The summed E-state index contributed by atoms with van der Waals surface area (Å²) in [6.07, 6.45) is 4.18. The van der Waals surface area contributed by atoms with Gasteiger partial charge in [0.2, 0.25) is 15.9 Å². The summed E-state index contributed by atoms with van der Waals surface area (Å²) in [5.41, 5.74) is 0. The fraction of sp³-hybridized carbons (Fsp3) is 0.938. The third kappa shape index (κ3) is 4.90. The van der Waals surface area contributed by atoms with Crippen molar-refractivity contribution in [3.8, 4) is 0 Å². The zero-order chi connectivity index (χ0) is 17.2. The number of carbonyl (C=O) groups is 1. The Morgan fingerprint density at radius 1 is 1.13 bits per heavy atom. The lowest BCUT2D eigenvalue weighted by Crippen LogP contribution is -2.55. The molecule has 0 aromatic carbocycles. The molecule has 0 aliphatic carbocycles. The number of amides is 1. The van der Waals surface area contributed by atoms with Crippen LogP contribution in [0.3, 0.4) is 0 Å². The Bertz CT molecular complexity index is 515. The molecule has 6 nitrogen and oxygen atoms in total. The van der Waals surface area contributed by atoms with Gasteiger partial charge in [0.1, 0.15) is 0 Å². The number of piperidine rings is 2. The van der Waals surface area contributed by atoms with Crippen molar-refractivity contribution in [1.82, 2.24) is 14.5 Å². The highest BCUT2D eigenvalue weighted by atomic mass is 32.2. The molecular formula is C16H31N3O3S. The second-order valence-corrected chi connectivity index (χ2v) is 9.37. The number of hydrogen-bond acceptors (Lipinski definition) is 4. The van der Waals surface area contributed by atoms with Gasteiger partial charge >= 0.3 is 0 Å². The van der Waals surface area contributed by atoms with Gasteiger partial charge in [-0.15, -0.1) is 0 Å². The third-order valence-corrected chi connectivity index (χ3v) is 6.54. The molecule has 134 valence electrons. The van der Waals surface area contributed by atoms with Crippen molar-refractivity contribution in [3.63, 3.8) is 0 Å². The number of hydrogen-bond donors (Lipinski definition) is 1. The second kappa shape index (κ2) is 7.49. The summed E-state index contributed by atoms with van der Waals surface area (Å²) < 4.78 is 24.8. The number of carbonyl (C=O) groups excluding carboxylic acids is 1. The summed E-state index contributed by atoms with van der Waals surface area (Å²) in [5, 5.41) is 3.44. The minimum Gasteiger partial charge on any atom is -0.341 e. The molecule has 0 aromatic rings. The normalized spacial score (nSPS) is 29.5. The molecular weight excluding hydrogens is 314 g/mol. The molecule has 2 rings (SSSR count). The molecule has 2 aliphatic heterocycles. The van der Waals surface area contributed by atoms with Crippen LogP contribution in [-0.2, 0) is 14.8 Å². The molecule has 0 unspecified atom stereocenters. The summed E-state index contributed by atoms with van der Waals surface area (Å²) in [5.74, 6) is 1.09. The maximum atomic E-state index is 12.6. The Labute approximate surface area is 140 Å². The molecule has 0 aromatic heterocycles. The second-order valence-electron chi connectivity index (χ2n) is 7.39. The molecule has 0 bridgehead atoms. The lowest BCUT2D eigenvalue weighted by molar-refractivity contribution is -0.134. The van der Waals surface area contributed by atoms with Crippen molar-refractivity contribution in [3.05, 3.63) is 0 Å². The summed E-state index contributed by atoms with van der Waals surface area (Å²) in [6, 6.07) is -0.0173. The Hall–Kier alpha value is -0.660. The van der Waals surface area contributed by atoms with E-state index in [0.29, 0.717) is 19.0 Å². The third-order valence-electron chi connectivity index (χ3n) is 5.27. The van der Waals surface area contributed by atoms with E-state index in [1.165, 1.54) is 10.6 Å². The Morgan fingerprint density at radius 2 is 1.74 bits per heavy atom. The summed E-state index contributed by atoms with van der Waals surface area (Å²) in [4.78, 5) is 14.5. The highest BCUT2D eigenvalue weighted by Crippen LogP contribution is 2.21. The number of rotatable bonds is 4. The van der Waals surface area contributed by atoms with Gasteiger partial charge in [0, 0.05) is 32.2 Å². The standard InChI is InChI=1S/C16H31N3O3S/c1-12-5-8-18(9-6-12)16(20)14(3)17-15-7-10-19(11-13(15)2)23(4,21)22/h12-15,17H,5-11H2,1-4H3/t13-,14+,15+/m1/s1. The Balaban J connectivity index is 1.85. The first kappa shape index (κ1) is 18.7. The van der Waals surface area contributed by atoms with E-state index in [1.54, 1.807) is 0 Å². The number of sulfonamides is 1. The molecule has 23 heavy (non-hydrogen) atoms. The van der Waals surface area contributed by atoms with Crippen LogP contribution in [0.15, 0.2) is 0 Å². The maximum absolute atomic E-state index is 12.6. The Kier molecular flexibility index (Phi) is 6.08. The number of likely N-dealkylation sites (tertiary alicyclic amines) is 1. The monoisotopic (exact) mass is 345 g/mol. The van der Waals surface area contributed by atoms with Crippen molar-refractivity contribution >= 4 is 15.9 Å².